The Labute approximate surface area is 83.2 Å². The van der Waals surface area contributed by atoms with E-state index >= 15 is 0 Å². The van der Waals surface area contributed by atoms with Crippen molar-refractivity contribution in [3.05, 3.63) is 0 Å². The van der Waals surface area contributed by atoms with Crippen LogP contribution in [0.2, 0.25) is 0 Å². The first-order chi connectivity index (χ1) is 6.61. The number of hydrogen-bond donors (Lipinski definition) is 1. The van der Waals surface area contributed by atoms with Gasteiger partial charge in [-0.05, 0) is 20.3 Å². The third-order valence-electron chi connectivity index (χ3n) is 2.46. The molecule has 1 rings (SSSR count). The van der Waals surface area contributed by atoms with E-state index in [0.717, 1.165) is 0 Å². The molecule has 0 spiro atoms. The lowest BCUT2D eigenvalue weighted by Crippen LogP contribution is -2.38. The molecule has 1 aliphatic rings. The molecule has 5 heteroatoms. The molecule has 14 heavy (non-hydrogen) atoms. The number of likely N-dealkylation sites (tertiary alicyclic amines) is 1. The summed E-state index contributed by atoms with van der Waals surface area (Å²) in [7, 11) is 0. The van der Waals surface area contributed by atoms with E-state index in [1.54, 1.807) is 6.92 Å². The van der Waals surface area contributed by atoms with E-state index in [-0.39, 0.29) is 18.6 Å². The quantitative estimate of drug-likeness (QED) is 0.501. The summed E-state index contributed by atoms with van der Waals surface area (Å²) in [6.07, 6.45) is 0.509. The van der Waals surface area contributed by atoms with E-state index in [1.807, 2.05) is 6.92 Å². The minimum absolute atomic E-state index is 0.0295. The molecular weight excluding hydrogens is 184 g/mol. The number of rotatable bonds is 3. The fourth-order valence-corrected chi connectivity index (χ4v) is 1.70. The topological polar surface area (TPSA) is 72.6 Å². The van der Waals surface area contributed by atoms with Crippen molar-refractivity contribution in [2.45, 2.75) is 26.3 Å². The van der Waals surface area contributed by atoms with Gasteiger partial charge in [0, 0.05) is 6.04 Å². The number of carbonyl (C=O) groups is 2. The standard InChI is InChI=1S/C9H16N2O3/c1-3-14-9(13)7-4-6(2)11(5-10)8(7)12/h6-7H,3-5,10H2,1-2H3. The first-order valence-corrected chi connectivity index (χ1v) is 4.79. The van der Waals surface area contributed by atoms with E-state index < -0.39 is 11.9 Å². The Balaban J connectivity index is 2.66. The molecule has 0 aromatic carbocycles. The molecule has 80 valence electrons. The zero-order chi connectivity index (χ0) is 10.7. The van der Waals surface area contributed by atoms with Gasteiger partial charge >= 0.3 is 5.97 Å². The van der Waals surface area contributed by atoms with Crippen molar-refractivity contribution in [2.75, 3.05) is 13.3 Å². The molecular formula is C9H16N2O3. The zero-order valence-corrected chi connectivity index (χ0v) is 8.53. The second-order valence-corrected chi connectivity index (χ2v) is 3.38. The van der Waals surface area contributed by atoms with Gasteiger partial charge in [-0.15, -0.1) is 0 Å². The third-order valence-corrected chi connectivity index (χ3v) is 2.46. The molecule has 2 N–H and O–H groups in total. The highest BCUT2D eigenvalue weighted by atomic mass is 16.5. The number of hydrogen-bond acceptors (Lipinski definition) is 4. The molecule has 0 aromatic rings. The lowest BCUT2D eigenvalue weighted by Gasteiger charge is -2.18. The second-order valence-electron chi connectivity index (χ2n) is 3.38. The van der Waals surface area contributed by atoms with Gasteiger partial charge in [-0.1, -0.05) is 0 Å². The molecule has 1 saturated heterocycles. The van der Waals surface area contributed by atoms with Crippen LogP contribution in [0.15, 0.2) is 0 Å². The highest BCUT2D eigenvalue weighted by molar-refractivity contribution is 5.99. The monoisotopic (exact) mass is 200 g/mol. The van der Waals surface area contributed by atoms with Crippen LogP contribution in [0.1, 0.15) is 20.3 Å². The van der Waals surface area contributed by atoms with Gasteiger partial charge in [0.05, 0.1) is 13.3 Å². The number of nitrogens with zero attached hydrogens (tertiary/aromatic N) is 1. The second kappa shape index (κ2) is 4.41. The highest BCUT2D eigenvalue weighted by Gasteiger charge is 2.41. The fourth-order valence-electron chi connectivity index (χ4n) is 1.70. The van der Waals surface area contributed by atoms with Crippen LogP contribution in [-0.2, 0) is 14.3 Å². The van der Waals surface area contributed by atoms with Crippen molar-refractivity contribution in [3.8, 4) is 0 Å². The Hall–Kier alpha value is -1.10. The molecule has 2 atom stereocenters. The Morgan fingerprint density at radius 2 is 2.36 bits per heavy atom. The van der Waals surface area contributed by atoms with Gasteiger partial charge in [0.15, 0.2) is 0 Å². The largest absolute Gasteiger partial charge is 0.465 e. The van der Waals surface area contributed by atoms with Crippen LogP contribution in [0.3, 0.4) is 0 Å². The predicted molar refractivity (Wildman–Crippen MR) is 50.1 cm³/mol. The predicted octanol–water partition coefficient (Wildman–Crippen LogP) is -0.297. The maximum absolute atomic E-state index is 11.6. The summed E-state index contributed by atoms with van der Waals surface area (Å²) in [6, 6.07) is 0.0295. The first kappa shape index (κ1) is 11.0. The fraction of sp³-hybridized carbons (Fsp3) is 0.778. The van der Waals surface area contributed by atoms with Gasteiger partial charge in [-0.3, -0.25) is 9.59 Å². The molecule has 0 bridgehead atoms. The van der Waals surface area contributed by atoms with E-state index in [0.29, 0.717) is 13.0 Å². The van der Waals surface area contributed by atoms with Gasteiger partial charge in [0.1, 0.15) is 5.92 Å². The van der Waals surface area contributed by atoms with Crippen molar-refractivity contribution < 1.29 is 14.3 Å². The first-order valence-electron chi connectivity index (χ1n) is 4.79. The number of ether oxygens (including phenoxy) is 1. The molecule has 1 fully saturated rings. The number of amides is 1. The Morgan fingerprint density at radius 1 is 1.71 bits per heavy atom. The minimum atomic E-state index is -0.645. The number of esters is 1. The Bertz CT molecular complexity index is 242. The summed E-state index contributed by atoms with van der Waals surface area (Å²) in [5.41, 5.74) is 5.40. The lowest BCUT2D eigenvalue weighted by molar-refractivity contribution is -0.152. The van der Waals surface area contributed by atoms with Crippen molar-refractivity contribution in [2.24, 2.45) is 11.7 Å². The number of nitrogens with two attached hydrogens (primary N) is 1. The highest BCUT2D eigenvalue weighted by Crippen LogP contribution is 2.24. The van der Waals surface area contributed by atoms with Gasteiger partial charge in [0.2, 0.25) is 5.91 Å². The van der Waals surface area contributed by atoms with Crippen molar-refractivity contribution in [1.82, 2.24) is 4.90 Å². The Kier molecular flexibility index (Phi) is 3.46. The minimum Gasteiger partial charge on any atom is -0.465 e. The summed E-state index contributed by atoms with van der Waals surface area (Å²) < 4.78 is 4.81. The maximum atomic E-state index is 11.6. The van der Waals surface area contributed by atoms with Gasteiger partial charge < -0.3 is 15.4 Å². The van der Waals surface area contributed by atoms with E-state index in [2.05, 4.69) is 0 Å². The van der Waals surface area contributed by atoms with E-state index in [9.17, 15) is 9.59 Å². The smallest absolute Gasteiger partial charge is 0.318 e. The van der Waals surface area contributed by atoms with Crippen molar-refractivity contribution in [3.63, 3.8) is 0 Å². The SMILES string of the molecule is CCOC(=O)C1CC(C)N(CN)C1=O. The maximum Gasteiger partial charge on any atom is 0.318 e. The van der Waals surface area contributed by atoms with Crippen LogP contribution in [0.5, 0.6) is 0 Å². The average Bonchev–Trinajstić information content (AvgIpc) is 2.42. The summed E-state index contributed by atoms with van der Waals surface area (Å²) in [5.74, 6) is -1.28. The average molecular weight is 200 g/mol. The molecule has 0 aromatic heterocycles. The van der Waals surface area contributed by atoms with Gasteiger partial charge in [0.25, 0.3) is 0 Å². The molecule has 1 heterocycles. The molecule has 0 saturated carbocycles. The van der Waals surface area contributed by atoms with Crippen LogP contribution in [0.25, 0.3) is 0 Å². The van der Waals surface area contributed by atoms with Crippen molar-refractivity contribution >= 4 is 11.9 Å². The van der Waals surface area contributed by atoms with Crippen molar-refractivity contribution in [1.29, 1.82) is 0 Å². The summed E-state index contributed by atoms with van der Waals surface area (Å²) in [4.78, 5) is 24.5. The lowest BCUT2D eigenvalue weighted by atomic mass is 10.1. The van der Waals surface area contributed by atoms with Crippen LogP contribution in [0.4, 0.5) is 0 Å². The van der Waals surface area contributed by atoms with E-state index in [4.69, 9.17) is 10.5 Å². The molecule has 5 nitrogen and oxygen atoms in total. The summed E-state index contributed by atoms with van der Waals surface area (Å²) in [6.45, 7) is 4.07. The van der Waals surface area contributed by atoms with Gasteiger partial charge in [-0.25, -0.2) is 0 Å². The van der Waals surface area contributed by atoms with Crippen LogP contribution < -0.4 is 5.73 Å². The van der Waals surface area contributed by atoms with Crippen LogP contribution >= 0.6 is 0 Å². The third kappa shape index (κ3) is 1.87. The molecule has 1 aliphatic heterocycles. The van der Waals surface area contributed by atoms with Gasteiger partial charge in [-0.2, -0.15) is 0 Å². The molecule has 1 amide bonds. The Morgan fingerprint density at radius 3 is 2.79 bits per heavy atom. The summed E-state index contributed by atoms with van der Waals surface area (Å²) in [5, 5.41) is 0. The zero-order valence-electron chi connectivity index (χ0n) is 8.53. The molecule has 0 radical (unpaired) electrons. The molecule has 0 aliphatic carbocycles. The molecule has 2 unspecified atom stereocenters. The van der Waals surface area contributed by atoms with Crippen LogP contribution in [0, 0.1) is 5.92 Å². The summed E-state index contributed by atoms with van der Waals surface area (Å²) >= 11 is 0. The van der Waals surface area contributed by atoms with Crippen LogP contribution in [-0.4, -0.2) is 36.1 Å². The number of carbonyl (C=O) groups excluding carboxylic acids is 2. The van der Waals surface area contributed by atoms with E-state index in [1.165, 1.54) is 4.90 Å². The normalized spacial score (nSPS) is 26.8.